The molecule has 42 heavy (non-hydrogen) atoms. The normalized spacial score (nSPS) is 17.8. The van der Waals surface area contributed by atoms with Crippen molar-refractivity contribution in [2.45, 2.75) is 65.5 Å². The molecule has 8 nitrogen and oxygen atoms in total. The average molecular weight is 586 g/mol. The van der Waals surface area contributed by atoms with Gasteiger partial charge >= 0.3 is 6.03 Å². The largest absolute Gasteiger partial charge is 0.457 e. The van der Waals surface area contributed by atoms with Gasteiger partial charge in [0.05, 0.1) is 22.4 Å². The number of aryl methyl sites for hydroxylation is 2. The van der Waals surface area contributed by atoms with Gasteiger partial charge in [0, 0.05) is 29.7 Å². The van der Waals surface area contributed by atoms with Gasteiger partial charge in [-0.15, -0.1) is 11.3 Å². The molecule has 2 fully saturated rings. The second kappa shape index (κ2) is 13.4. The lowest BCUT2D eigenvalue weighted by atomic mass is 10.1. The molecule has 7 rings (SSSR count). The smallest absolute Gasteiger partial charge is 0.331 e. The van der Waals surface area contributed by atoms with Crippen molar-refractivity contribution in [2.24, 2.45) is 0 Å². The fraction of sp³-hybridized carbons (Fsp3) is 0.364. The predicted octanol–water partition coefficient (Wildman–Crippen LogP) is 7.77. The molecule has 2 aliphatic heterocycles. The van der Waals surface area contributed by atoms with E-state index < -0.39 is 0 Å². The molecule has 1 aliphatic carbocycles. The van der Waals surface area contributed by atoms with Gasteiger partial charge in [-0.2, -0.15) is 0 Å². The van der Waals surface area contributed by atoms with E-state index >= 15 is 0 Å². The first-order chi connectivity index (χ1) is 20.5. The fourth-order valence-electron chi connectivity index (χ4n) is 5.54. The monoisotopic (exact) mass is 585 g/mol. The first kappa shape index (κ1) is 29.5. The molecule has 0 bridgehead atoms. The van der Waals surface area contributed by atoms with Crippen molar-refractivity contribution >= 4 is 51.1 Å². The van der Waals surface area contributed by atoms with E-state index in [2.05, 4.69) is 20.5 Å². The minimum Gasteiger partial charge on any atom is -0.457 e. The van der Waals surface area contributed by atoms with Crippen LogP contribution >= 0.6 is 11.3 Å². The average Bonchev–Trinajstić information content (AvgIpc) is 3.81. The maximum Gasteiger partial charge on any atom is 0.331 e. The number of para-hydroxylation sites is 1. The Morgan fingerprint density at radius 1 is 1.02 bits per heavy atom. The molecular formula is C33H39N5O3S. The van der Waals surface area contributed by atoms with Crippen LogP contribution in [0.3, 0.4) is 0 Å². The number of hydrogen-bond acceptors (Lipinski definition) is 6. The second-order valence-corrected chi connectivity index (χ2v) is 11.7. The van der Waals surface area contributed by atoms with E-state index in [0.717, 1.165) is 74.6 Å². The standard InChI is InChI=1S/C22H17N3O2S.C9H16N2O.C2H6/c1-13-12-16(27-15-6-4-3-5-7-15)8-9-17(13)25-18-10-11-23-21-19(18)20(14(2)28-21)24-22(25)26;12-7-10-8-2-1-5-11(6-8)9-3-4-9;1-2/h3-12H,1-2H3,(H,24,26);7-9H,1-6H2,(H,10,12);1-2H3. The summed E-state index contributed by atoms with van der Waals surface area (Å²) < 4.78 is 5.92. The van der Waals surface area contributed by atoms with Crippen molar-refractivity contribution < 1.29 is 14.3 Å². The zero-order valence-corrected chi connectivity index (χ0v) is 25.5. The predicted molar refractivity (Wildman–Crippen MR) is 171 cm³/mol. The first-order valence-electron chi connectivity index (χ1n) is 14.8. The van der Waals surface area contributed by atoms with Gasteiger partial charge in [0.25, 0.3) is 0 Å². The summed E-state index contributed by atoms with van der Waals surface area (Å²) in [6.45, 7) is 10.3. The number of pyridine rings is 1. The van der Waals surface area contributed by atoms with Crippen LogP contribution in [0.25, 0.3) is 10.2 Å². The second-order valence-electron chi connectivity index (χ2n) is 10.5. The van der Waals surface area contributed by atoms with Crippen LogP contribution in [-0.4, -0.2) is 47.5 Å². The van der Waals surface area contributed by atoms with Crippen molar-refractivity contribution in [1.29, 1.82) is 0 Å². The Kier molecular flexibility index (Phi) is 9.39. The highest BCUT2D eigenvalue weighted by atomic mass is 32.1. The number of likely N-dealkylation sites (tertiary alicyclic amines) is 1. The molecule has 1 saturated carbocycles. The molecule has 2 aromatic heterocycles. The van der Waals surface area contributed by atoms with E-state index in [4.69, 9.17) is 4.74 Å². The molecule has 220 valence electrons. The van der Waals surface area contributed by atoms with Gasteiger partial charge < -0.3 is 15.4 Å². The lowest BCUT2D eigenvalue weighted by Gasteiger charge is -2.32. The number of urea groups is 1. The van der Waals surface area contributed by atoms with E-state index in [-0.39, 0.29) is 6.03 Å². The molecule has 2 N–H and O–H groups in total. The third-order valence-electron chi connectivity index (χ3n) is 7.63. The molecule has 4 aromatic rings. The van der Waals surface area contributed by atoms with Gasteiger partial charge in [0.2, 0.25) is 6.41 Å². The number of carbonyl (C=O) groups is 2. The van der Waals surface area contributed by atoms with Gasteiger partial charge in [0.1, 0.15) is 16.3 Å². The topological polar surface area (TPSA) is 86.8 Å². The van der Waals surface area contributed by atoms with Crippen molar-refractivity contribution in [3.63, 3.8) is 0 Å². The van der Waals surface area contributed by atoms with Gasteiger partial charge in [0.15, 0.2) is 0 Å². The Hall–Kier alpha value is -3.95. The molecule has 1 saturated heterocycles. The van der Waals surface area contributed by atoms with Crippen LogP contribution < -0.4 is 20.3 Å². The maximum absolute atomic E-state index is 12.9. The summed E-state index contributed by atoms with van der Waals surface area (Å²) in [5, 5.41) is 6.90. The Balaban J connectivity index is 0.000000210. The number of benzene rings is 2. The Labute approximate surface area is 251 Å². The summed E-state index contributed by atoms with van der Waals surface area (Å²) in [5.74, 6) is 1.51. The number of hydrogen-bond donors (Lipinski definition) is 2. The number of anilines is 3. The zero-order valence-electron chi connectivity index (χ0n) is 24.7. The summed E-state index contributed by atoms with van der Waals surface area (Å²) in [4.78, 5) is 33.9. The van der Waals surface area contributed by atoms with E-state index in [0.29, 0.717) is 6.04 Å². The lowest BCUT2D eigenvalue weighted by molar-refractivity contribution is -0.110. The SMILES string of the molecule is CC.Cc1cc(Oc2ccccc2)ccc1N1C(=O)Nc2c(C)sc3nccc1c23.O=CNC1CCCN(C2CC2)C1. The van der Waals surface area contributed by atoms with E-state index in [1.54, 1.807) is 22.4 Å². The Bertz CT molecular complexity index is 1540. The number of thiophene rings is 1. The van der Waals surface area contributed by atoms with Crippen molar-refractivity contribution in [2.75, 3.05) is 23.3 Å². The van der Waals surface area contributed by atoms with Crippen molar-refractivity contribution in [1.82, 2.24) is 15.2 Å². The van der Waals surface area contributed by atoms with E-state index in [1.165, 1.54) is 25.8 Å². The minimum atomic E-state index is -0.165. The van der Waals surface area contributed by atoms with Crippen LogP contribution in [-0.2, 0) is 4.79 Å². The summed E-state index contributed by atoms with van der Waals surface area (Å²) >= 11 is 1.59. The molecular weight excluding hydrogens is 546 g/mol. The molecule has 9 heteroatoms. The molecule has 2 aromatic carbocycles. The van der Waals surface area contributed by atoms with Crippen LogP contribution in [0.15, 0.2) is 60.8 Å². The number of carbonyl (C=O) groups excluding carboxylic acids is 2. The number of aromatic nitrogens is 1. The molecule has 3 amide bonds. The first-order valence-corrected chi connectivity index (χ1v) is 15.6. The third-order valence-corrected chi connectivity index (χ3v) is 8.64. The number of nitrogens with zero attached hydrogens (tertiary/aromatic N) is 3. The van der Waals surface area contributed by atoms with Gasteiger partial charge in [-0.05, 0) is 88.0 Å². The highest BCUT2D eigenvalue weighted by molar-refractivity contribution is 7.19. The summed E-state index contributed by atoms with van der Waals surface area (Å²) in [7, 11) is 0. The quantitative estimate of drug-likeness (QED) is 0.226. The number of nitrogens with one attached hydrogen (secondary N) is 2. The number of rotatable bonds is 6. The molecule has 0 radical (unpaired) electrons. The van der Waals surface area contributed by atoms with Crippen molar-refractivity contribution in [3.8, 4) is 11.5 Å². The minimum absolute atomic E-state index is 0.165. The molecule has 1 unspecified atom stereocenters. The Morgan fingerprint density at radius 2 is 1.81 bits per heavy atom. The summed E-state index contributed by atoms with van der Waals surface area (Å²) in [6, 6.07) is 18.4. The Morgan fingerprint density at radius 3 is 2.52 bits per heavy atom. The van der Waals surface area contributed by atoms with Crippen LogP contribution in [0.1, 0.15) is 50.0 Å². The highest BCUT2D eigenvalue weighted by Crippen LogP contribution is 2.46. The molecule has 0 spiro atoms. The van der Waals surface area contributed by atoms with Gasteiger partial charge in [-0.3, -0.25) is 14.6 Å². The summed E-state index contributed by atoms with van der Waals surface area (Å²) in [6.07, 6.45) is 7.72. The number of amides is 3. The van der Waals surface area contributed by atoms with Crippen LogP contribution in [0, 0.1) is 13.8 Å². The zero-order chi connectivity index (χ0) is 29.6. The van der Waals surface area contributed by atoms with Gasteiger partial charge in [-0.1, -0.05) is 32.0 Å². The van der Waals surface area contributed by atoms with E-state index in [1.807, 2.05) is 82.3 Å². The van der Waals surface area contributed by atoms with Crippen LogP contribution in [0.4, 0.5) is 21.9 Å². The van der Waals surface area contributed by atoms with Crippen LogP contribution in [0.5, 0.6) is 11.5 Å². The fourth-order valence-corrected chi connectivity index (χ4v) is 6.51. The number of piperidine rings is 1. The molecule has 4 heterocycles. The van der Waals surface area contributed by atoms with Crippen molar-refractivity contribution in [3.05, 3.63) is 71.2 Å². The van der Waals surface area contributed by atoms with Crippen LogP contribution in [0.2, 0.25) is 0 Å². The molecule has 1 atom stereocenters. The highest BCUT2D eigenvalue weighted by Gasteiger charge is 2.32. The van der Waals surface area contributed by atoms with E-state index in [9.17, 15) is 9.59 Å². The molecule has 3 aliphatic rings. The van der Waals surface area contributed by atoms with Gasteiger partial charge in [-0.25, -0.2) is 9.78 Å². The number of ether oxygens (including phenoxy) is 1. The third kappa shape index (κ3) is 6.42. The summed E-state index contributed by atoms with van der Waals surface area (Å²) in [5.41, 5.74) is 3.49. The lowest BCUT2D eigenvalue weighted by Crippen LogP contribution is -2.46. The maximum atomic E-state index is 12.9.